The molecule has 2 rings (SSSR count). The van der Waals surface area contributed by atoms with Gasteiger partial charge in [-0.3, -0.25) is 33.7 Å². The summed E-state index contributed by atoms with van der Waals surface area (Å²) < 4.78 is 32.6. The SMILES string of the molecule is CCC(CO)OC(O)COC(=O)NCCC(=O)O[C@@H](C)C(=O)O[C@@H](C)CNC(=O)[C@H](Cc1ccccc1)NC(=O)[C@H](C)[C@@H](OC)[C@@H]1CCCN1C(=O)C[C@@H](OC)[C@H]([C@@H](C)CC)N(C)C(=O)[C@@H](NC(=O)[C@H](C(C)C)N(C)C)C(C)C. The molecule has 13 atom stereocenters. The number of carbonyl (C=O) groups excluding carboxylic acids is 8. The summed E-state index contributed by atoms with van der Waals surface area (Å²) in [5.41, 5.74) is 0.755. The molecule has 23 heteroatoms. The van der Waals surface area contributed by atoms with E-state index in [2.05, 4.69) is 21.3 Å². The number of hydrogen-bond donors (Lipinski definition) is 6. The highest BCUT2D eigenvalue weighted by molar-refractivity contribution is 5.91. The van der Waals surface area contributed by atoms with Crippen molar-refractivity contribution in [3.8, 4) is 0 Å². The van der Waals surface area contributed by atoms with Crippen LogP contribution >= 0.6 is 0 Å². The Morgan fingerprint density at radius 3 is 2.03 bits per heavy atom. The van der Waals surface area contributed by atoms with Crippen LogP contribution in [-0.4, -0.2) is 208 Å². The van der Waals surface area contributed by atoms with E-state index in [1.807, 2.05) is 78.7 Å². The van der Waals surface area contributed by atoms with Gasteiger partial charge in [-0.1, -0.05) is 92.1 Å². The minimum atomic E-state index is -1.46. The Morgan fingerprint density at radius 2 is 1.47 bits per heavy atom. The first-order chi connectivity index (χ1) is 37.3. The van der Waals surface area contributed by atoms with Crippen molar-refractivity contribution in [2.75, 3.05) is 68.2 Å². The van der Waals surface area contributed by atoms with Crippen LogP contribution in [0.4, 0.5) is 4.79 Å². The number of aliphatic hydroxyl groups is 2. The summed E-state index contributed by atoms with van der Waals surface area (Å²) in [4.78, 5) is 113. The summed E-state index contributed by atoms with van der Waals surface area (Å²) in [5, 5.41) is 30.0. The molecule has 1 fully saturated rings. The van der Waals surface area contributed by atoms with Crippen molar-refractivity contribution in [2.45, 2.75) is 181 Å². The summed E-state index contributed by atoms with van der Waals surface area (Å²) in [6.07, 6.45) is -4.78. The number of nitrogens with zero attached hydrogens (tertiary/aromatic N) is 3. The second-order valence-electron chi connectivity index (χ2n) is 21.4. The molecular formula is C56H95N7O16. The van der Waals surface area contributed by atoms with Gasteiger partial charge < -0.3 is 69.7 Å². The van der Waals surface area contributed by atoms with E-state index >= 15 is 0 Å². The number of amides is 6. The zero-order chi connectivity index (χ0) is 59.7. The number of ether oxygens (including phenoxy) is 6. The second-order valence-corrected chi connectivity index (χ2v) is 21.4. The fraction of sp³-hybridized carbons (Fsp3) is 0.750. The molecular weight excluding hydrogens is 1030 g/mol. The Bertz CT molecular complexity index is 2050. The number of methoxy groups -OCH3 is 2. The van der Waals surface area contributed by atoms with E-state index in [9.17, 15) is 48.6 Å². The van der Waals surface area contributed by atoms with Crippen LogP contribution in [0.15, 0.2) is 30.3 Å². The topological polar surface area (TPSA) is 290 Å². The van der Waals surface area contributed by atoms with Gasteiger partial charge in [-0.15, -0.1) is 0 Å². The van der Waals surface area contributed by atoms with Crippen LogP contribution in [0.5, 0.6) is 0 Å². The van der Waals surface area contributed by atoms with Gasteiger partial charge >= 0.3 is 18.0 Å². The molecule has 23 nitrogen and oxygen atoms in total. The van der Waals surface area contributed by atoms with Gasteiger partial charge in [-0.25, -0.2) is 9.59 Å². The number of nitrogens with one attached hydrogen (secondary N) is 4. The summed E-state index contributed by atoms with van der Waals surface area (Å²) in [7, 11) is 8.35. The molecule has 1 aromatic rings. The van der Waals surface area contributed by atoms with E-state index in [4.69, 9.17) is 28.4 Å². The van der Waals surface area contributed by atoms with Gasteiger partial charge in [-0.05, 0) is 70.5 Å². The van der Waals surface area contributed by atoms with Crippen LogP contribution < -0.4 is 21.3 Å². The Kier molecular flexibility index (Phi) is 31.1. The lowest BCUT2D eigenvalue weighted by Gasteiger charge is -2.41. The molecule has 450 valence electrons. The number of alkyl carbamates (subject to hydrolysis) is 1. The molecule has 1 aliphatic rings. The molecule has 0 radical (unpaired) electrons. The molecule has 2 unspecified atom stereocenters. The van der Waals surface area contributed by atoms with Crippen molar-refractivity contribution in [1.82, 2.24) is 36.0 Å². The fourth-order valence-electron chi connectivity index (χ4n) is 9.78. The highest BCUT2D eigenvalue weighted by atomic mass is 16.6. The van der Waals surface area contributed by atoms with E-state index in [0.717, 1.165) is 5.56 Å². The zero-order valence-corrected chi connectivity index (χ0v) is 49.5. The van der Waals surface area contributed by atoms with Gasteiger partial charge in [0.2, 0.25) is 29.5 Å². The largest absolute Gasteiger partial charge is 0.458 e. The second kappa shape index (κ2) is 35.3. The Labute approximate surface area is 468 Å². The van der Waals surface area contributed by atoms with Crippen LogP contribution in [0.3, 0.4) is 0 Å². The van der Waals surface area contributed by atoms with E-state index in [1.54, 1.807) is 42.8 Å². The van der Waals surface area contributed by atoms with Crippen molar-refractivity contribution in [3.05, 3.63) is 35.9 Å². The third-order valence-electron chi connectivity index (χ3n) is 14.3. The minimum absolute atomic E-state index is 0.00253. The Balaban J connectivity index is 2.14. The molecule has 1 aromatic carbocycles. The van der Waals surface area contributed by atoms with E-state index < -0.39 is 109 Å². The monoisotopic (exact) mass is 1120 g/mol. The minimum Gasteiger partial charge on any atom is -0.458 e. The molecule has 0 spiro atoms. The molecule has 0 saturated carbocycles. The molecule has 0 aliphatic carbocycles. The van der Waals surface area contributed by atoms with Crippen molar-refractivity contribution in [3.63, 3.8) is 0 Å². The van der Waals surface area contributed by atoms with Gasteiger partial charge in [0.25, 0.3) is 0 Å². The van der Waals surface area contributed by atoms with Crippen LogP contribution in [0.1, 0.15) is 113 Å². The van der Waals surface area contributed by atoms with E-state index in [-0.39, 0.29) is 74.4 Å². The standard InChI is InChI=1S/C56H95N7O16/c1-16-35(7)49(62(13)54(71)47(33(3)4)60-53(70)48(34(5)6)61(11)12)43(74-14)29-44(65)63-27-21-24-42(63)50(75-15)37(9)51(68)59-41(28-39-22-19-18-20-23-39)52(69)58-30-36(8)77-55(72)38(10)78-45(66)25-26-57-56(73)76-32-46(67)79-40(17-2)31-64/h18-20,22-23,33-38,40-43,46-50,64,67H,16-17,21,24-32H2,1-15H3,(H,57,73)(H,58,69)(H,59,68)(H,60,70)/t35-,36-,37+,38-,40?,41-,42-,43+,46?,47-,48-,49-,50+/m0/s1. The number of carbonyl (C=O) groups is 8. The maximum absolute atomic E-state index is 14.5. The lowest BCUT2D eigenvalue weighted by Crippen LogP contribution is -2.59. The van der Waals surface area contributed by atoms with Gasteiger partial charge in [0.15, 0.2) is 12.4 Å². The van der Waals surface area contributed by atoms with Gasteiger partial charge in [0.1, 0.15) is 24.8 Å². The smallest absolute Gasteiger partial charge is 0.407 e. The maximum Gasteiger partial charge on any atom is 0.407 e. The number of hydrogen-bond acceptors (Lipinski definition) is 17. The van der Waals surface area contributed by atoms with Crippen molar-refractivity contribution < 1.29 is 77.0 Å². The third kappa shape index (κ3) is 22.5. The number of esters is 2. The maximum atomic E-state index is 14.5. The number of benzene rings is 1. The van der Waals surface area contributed by atoms with Crippen LogP contribution in [0.25, 0.3) is 0 Å². The lowest BCUT2D eigenvalue weighted by molar-refractivity contribution is -0.169. The number of aliphatic hydroxyl groups excluding tert-OH is 2. The quantitative estimate of drug-likeness (QED) is 0.0324. The summed E-state index contributed by atoms with van der Waals surface area (Å²) in [6.45, 7) is 17.1. The molecule has 1 aliphatic heterocycles. The highest BCUT2D eigenvalue weighted by Crippen LogP contribution is 2.30. The average Bonchev–Trinajstić information content (AvgIpc) is 3.92. The highest BCUT2D eigenvalue weighted by Gasteiger charge is 2.44. The van der Waals surface area contributed by atoms with Crippen molar-refractivity contribution in [1.29, 1.82) is 0 Å². The number of likely N-dealkylation sites (tertiary alicyclic amines) is 1. The zero-order valence-electron chi connectivity index (χ0n) is 49.5. The van der Waals surface area contributed by atoms with Crippen LogP contribution in [-0.2, 0) is 68.4 Å². The first-order valence-corrected chi connectivity index (χ1v) is 27.7. The van der Waals surface area contributed by atoms with Gasteiger partial charge in [0, 0.05) is 40.8 Å². The van der Waals surface area contributed by atoms with E-state index in [1.165, 1.54) is 28.1 Å². The van der Waals surface area contributed by atoms with Crippen molar-refractivity contribution >= 4 is 47.6 Å². The normalized spacial score (nSPS) is 18.1. The molecule has 0 bridgehead atoms. The molecule has 0 aromatic heterocycles. The Hall–Kier alpha value is -5.46. The molecule has 6 amide bonds. The van der Waals surface area contributed by atoms with Crippen LogP contribution in [0, 0.1) is 23.7 Å². The first-order valence-electron chi connectivity index (χ1n) is 27.7. The van der Waals surface area contributed by atoms with Gasteiger partial charge in [-0.2, -0.15) is 0 Å². The fourth-order valence-corrected chi connectivity index (χ4v) is 9.78. The summed E-state index contributed by atoms with van der Waals surface area (Å²) in [5.74, 6) is -4.76. The average molecular weight is 1120 g/mol. The molecule has 1 heterocycles. The lowest BCUT2D eigenvalue weighted by atomic mass is 9.89. The Morgan fingerprint density at radius 1 is 0.810 bits per heavy atom. The number of likely N-dealkylation sites (N-methyl/N-ethyl adjacent to an activating group) is 2. The van der Waals surface area contributed by atoms with E-state index in [0.29, 0.717) is 32.2 Å². The molecule has 1 saturated heterocycles. The van der Waals surface area contributed by atoms with Gasteiger partial charge in [0.05, 0.1) is 68.3 Å². The third-order valence-corrected chi connectivity index (χ3v) is 14.3. The summed E-state index contributed by atoms with van der Waals surface area (Å²) in [6, 6.07) is 5.66. The predicted octanol–water partition coefficient (Wildman–Crippen LogP) is 2.56. The van der Waals surface area contributed by atoms with Crippen LogP contribution in [0.2, 0.25) is 0 Å². The number of rotatable bonds is 35. The summed E-state index contributed by atoms with van der Waals surface area (Å²) >= 11 is 0. The molecule has 6 N–H and O–H groups in total. The van der Waals surface area contributed by atoms with Crippen molar-refractivity contribution in [2.24, 2.45) is 23.7 Å². The molecule has 79 heavy (non-hydrogen) atoms. The predicted molar refractivity (Wildman–Crippen MR) is 294 cm³/mol. The first kappa shape index (κ1) is 69.6.